The van der Waals surface area contributed by atoms with Crippen molar-refractivity contribution in [2.24, 2.45) is 4.99 Å². The molecule has 1 aliphatic rings. The van der Waals surface area contributed by atoms with Gasteiger partial charge >= 0.3 is 5.97 Å². The second-order valence-electron chi connectivity index (χ2n) is 10.6. The van der Waals surface area contributed by atoms with Crippen molar-refractivity contribution in [2.45, 2.75) is 46.4 Å². The summed E-state index contributed by atoms with van der Waals surface area (Å²) in [4.78, 5) is 32.4. The van der Waals surface area contributed by atoms with Crippen molar-refractivity contribution in [1.82, 2.24) is 4.57 Å². The number of thiazole rings is 1. The molecule has 0 saturated heterocycles. The second-order valence-corrected chi connectivity index (χ2v) is 13.3. The Morgan fingerprint density at radius 1 is 1.11 bits per heavy atom. The molecule has 0 radical (unpaired) electrons. The summed E-state index contributed by atoms with van der Waals surface area (Å²) < 4.78 is 25.5. The molecule has 0 fully saturated rings. The van der Waals surface area contributed by atoms with Gasteiger partial charge in [-0.3, -0.25) is 9.36 Å². The molecule has 12 heteroatoms. The summed E-state index contributed by atoms with van der Waals surface area (Å²) in [6.45, 7) is 7.78. The number of methoxy groups -OCH3 is 1. The SMILES string of the molecule is CCOC(=O)C1=C(C)N=c2s/c(=C\c3cc(OC)c(OCc4ccc(Cl)cc4Cl)cc3Br)c(=O)n2[C@@H]1c1ccc(OC(C)C)cc1. The van der Waals surface area contributed by atoms with E-state index in [-0.39, 0.29) is 24.9 Å². The molecule has 4 aromatic rings. The van der Waals surface area contributed by atoms with Gasteiger partial charge in [-0.15, -0.1) is 0 Å². The maximum Gasteiger partial charge on any atom is 0.338 e. The van der Waals surface area contributed by atoms with Gasteiger partial charge in [0.2, 0.25) is 0 Å². The van der Waals surface area contributed by atoms with Crippen LogP contribution in [0.15, 0.2) is 80.1 Å². The van der Waals surface area contributed by atoms with E-state index in [1.165, 1.54) is 11.3 Å². The van der Waals surface area contributed by atoms with Gasteiger partial charge in [-0.05, 0) is 81.3 Å². The number of nitrogens with zero attached hydrogens (tertiary/aromatic N) is 2. The average Bonchev–Trinajstić information content (AvgIpc) is 3.31. The maximum atomic E-state index is 14.1. The number of allylic oxidation sites excluding steroid dienone is 1. The number of benzene rings is 3. The molecule has 5 rings (SSSR count). The molecule has 0 saturated carbocycles. The van der Waals surface area contributed by atoms with E-state index in [9.17, 15) is 9.59 Å². The highest BCUT2D eigenvalue weighted by Crippen LogP contribution is 2.36. The van der Waals surface area contributed by atoms with E-state index in [2.05, 4.69) is 20.9 Å². The Balaban J connectivity index is 1.56. The van der Waals surface area contributed by atoms with Gasteiger partial charge in [-0.25, -0.2) is 9.79 Å². The summed E-state index contributed by atoms with van der Waals surface area (Å²) in [5, 5.41) is 1.04. The summed E-state index contributed by atoms with van der Waals surface area (Å²) >= 11 is 17.2. The first-order valence-corrected chi connectivity index (χ1v) is 16.8. The normalized spacial score (nSPS) is 14.6. The number of hydrogen-bond donors (Lipinski definition) is 0. The molecule has 2 heterocycles. The van der Waals surface area contributed by atoms with Crippen LogP contribution in [0.4, 0.5) is 0 Å². The highest BCUT2D eigenvalue weighted by molar-refractivity contribution is 9.10. The van der Waals surface area contributed by atoms with Crippen LogP contribution in [0.2, 0.25) is 10.0 Å². The van der Waals surface area contributed by atoms with Crippen LogP contribution in [0.25, 0.3) is 6.08 Å². The Labute approximate surface area is 288 Å². The van der Waals surface area contributed by atoms with Gasteiger partial charge in [-0.1, -0.05) is 68.7 Å². The molecule has 0 amide bonds. The van der Waals surface area contributed by atoms with Gasteiger partial charge in [0.15, 0.2) is 16.3 Å². The Morgan fingerprint density at radius 2 is 1.85 bits per heavy atom. The number of hydrogen-bond acceptors (Lipinski definition) is 8. The van der Waals surface area contributed by atoms with Gasteiger partial charge in [0, 0.05) is 20.1 Å². The Kier molecular flexibility index (Phi) is 10.6. The highest BCUT2D eigenvalue weighted by Gasteiger charge is 2.33. The van der Waals surface area contributed by atoms with Crippen molar-refractivity contribution in [2.75, 3.05) is 13.7 Å². The third-order valence-electron chi connectivity index (χ3n) is 7.05. The maximum absolute atomic E-state index is 14.1. The number of carbonyl (C=O) groups is 1. The standard InChI is InChI=1S/C34H31BrCl2N2O6S/c1-6-43-33(41)30-19(4)38-34-39(31(30)20-8-11-24(12-9-20)45-18(2)3)32(40)29(46-34)14-22-13-27(42-5)28(16-25(22)35)44-17-21-7-10-23(36)15-26(21)37/h7-16,18,31H,6,17H2,1-5H3/b29-14-/t31-/m1/s1. The van der Waals surface area contributed by atoms with Gasteiger partial charge in [0.1, 0.15) is 12.4 Å². The van der Waals surface area contributed by atoms with Crippen LogP contribution >= 0.6 is 50.5 Å². The number of aromatic nitrogens is 1. The third-order valence-corrected chi connectivity index (χ3v) is 9.31. The summed E-state index contributed by atoms with van der Waals surface area (Å²) in [6, 6.07) is 15.4. The van der Waals surface area contributed by atoms with Crippen LogP contribution in [0.1, 0.15) is 50.4 Å². The topological polar surface area (TPSA) is 88.4 Å². The lowest BCUT2D eigenvalue weighted by molar-refractivity contribution is -0.139. The number of esters is 1. The van der Waals surface area contributed by atoms with E-state index in [0.29, 0.717) is 57.9 Å². The number of fused-ring (bicyclic) bond motifs is 1. The zero-order valence-corrected chi connectivity index (χ0v) is 29.6. The predicted molar refractivity (Wildman–Crippen MR) is 184 cm³/mol. The van der Waals surface area contributed by atoms with Crippen LogP contribution in [0.5, 0.6) is 17.2 Å². The molecule has 1 aliphatic heterocycles. The summed E-state index contributed by atoms with van der Waals surface area (Å²) in [6.07, 6.45) is 1.76. The van der Waals surface area contributed by atoms with E-state index >= 15 is 0 Å². The fraction of sp³-hybridized carbons (Fsp3) is 0.265. The monoisotopic (exact) mass is 744 g/mol. The fourth-order valence-corrected chi connectivity index (χ4v) is 6.91. The lowest BCUT2D eigenvalue weighted by Gasteiger charge is -2.25. The molecule has 46 heavy (non-hydrogen) atoms. The molecule has 3 aromatic carbocycles. The van der Waals surface area contributed by atoms with Crippen molar-refractivity contribution in [3.05, 3.63) is 117 Å². The second kappa shape index (κ2) is 14.5. The van der Waals surface area contributed by atoms with E-state index < -0.39 is 12.0 Å². The fourth-order valence-electron chi connectivity index (χ4n) is 4.98. The smallest absolute Gasteiger partial charge is 0.338 e. The van der Waals surface area contributed by atoms with Crippen molar-refractivity contribution < 1.29 is 23.7 Å². The van der Waals surface area contributed by atoms with Crippen LogP contribution in [0, 0.1) is 0 Å². The van der Waals surface area contributed by atoms with Gasteiger partial charge in [0.05, 0.1) is 41.7 Å². The molecule has 240 valence electrons. The van der Waals surface area contributed by atoms with E-state index in [4.69, 9.17) is 42.1 Å². The minimum absolute atomic E-state index is 0.00121. The van der Waals surface area contributed by atoms with Crippen LogP contribution in [-0.4, -0.2) is 30.4 Å². The number of rotatable bonds is 10. The Morgan fingerprint density at radius 3 is 2.50 bits per heavy atom. The Bertz CT molecular complexity index is 2000. The molecule has 0 N–H and O–H groups in total. The first kappa shape index (κ1) is 33.8. The summed E-state index contributed by atoms with van der Waals surface area (Å²) in [5.41, 5.74) is 2.68. The molecule has 0 bridgehead atoms. The number of ether oxygens (including phenoxy) is 4. The summed E-state index contributed by atoms with van der Waals surface area (Å²) in [7, 11) is 1.54. The first-order chi connectivity index (χ1) is 22.0. The highest BCUT2D eigenvalue weighted by atomic mass is 79.9. The zero-order valence-electron chi connectivity index (χ0n) is 25.7. The molecular weight excluding hydrogens is 715 g/mol. The molecule has 0 aliphatic carbocycles. The summed E-state index contributed by atoms with van der Waals surface area (Å²) in [5.74, 6) is 1.12. The zero-order chi connectivity index (χ0) is 33.1. The minimum Gasteiger partial charge on any atom is -0.493 e. The lowest BCUT2D eigenvalue weighted by Crippen LogP contribution is -2.39. The van der Waals surface area contributed by atoms with Crippen LogP contribution in [0.3, 0.4) is 0 Å². The number of carbonyl (C=O) groups excluding carboxylic acids is 1. The molecular formula is C34H31BrCl2N2O6S. The molecule has 1 atom stereocenters. The van der Waals surface area contributed by atoms with Gasteiger partial charge in [-0.2, -0.15) is 0 Å². The third kappa shape index (κ3) is 7.20. The molecule has 8 nitrogen and oxygen atoms in total. The molecule has 0 spiro atoms. The van der Waals surface area contributed by atoms with E-state index in [0.717, 1.165) is 11.1 Å². The van der Waals surface area contributed by atoms with E-state index in [1.54, 1.807) is 61.9 Å². The van der Waals surface area contributed by atoms with Crippen molar-refractivity contribution in [3.63, 3.8) is 0 Å². The van der Waals surface area contributed by atoms with Crippen LogP contribution < -0.4 is 29.1 Å². The predicted octanol–water partition coefficient (Wildman–Crippen LogP) is 7.24. The van der Waals surface area contributed by atoms with Gasteiger partial charge < -0.3 is 18.9 Å². The molecule has 1 aromatic heterocycles. The molecule has 0 unspecified atom stereocenters. The van der Waals surface area contributed by atoms with Crippen molar-refractivity contribution >= 4 is 62.5 Å². The Hall–Kier alpha value is -3.57. The van der Waals surface area contributed by atoms with Crippen molar-refractivity contribution in [1.29, 1.82) is 0 Å². The average molecular weight is 747 g/mol. The van der Waals surface area contributed by atoms with Gasteiger partial charge in [0.25, 0.3) is 5.56 Å². The largest absolute Gasteiger partial charge is 0.493 e. The van der Waals surface area contributed by atoms with Crippen LogP contribution in [-0.2, 0) is 16.1 Å². The van der Waals surface area contributed by atoms with E-state index in [1.807, 2.05) is 38.1 Å². The lowest BCUT2D eigenvalue weighted by atomic mass is 9.96. The quantitative estimate of drug-likeness (QED) is 0.159. The van der Waals surface area contributed by atoms with Crippen molar-refractivity contribution in [3.8, 4) is 17.2 Å². The first-order valence-electron chi connectivity index (χ1n) is 14.4. The minimum atomic E-state index is -0.737. The number of halogens is 3.